The summed E-state index contributed by atoms with van der Waals surface area (Å²) in [6, 6.07) is 12.6. The van der Waals surface area contributed by atoms with Crippen LogP contribution in [0.2, 0.25) is 0 Å². The molecule has 0 aliphatic carbocycles. The SMILES string of the molecule is CCOC(=O)C1=NN(c2ccccc2OC)C2C(=O)N(c3ccccc3OC)C(=O)C12. The topological polar surface area (TPSA) is 97.7 Å². The number of hydrazone groups is 1. The smallest absolute Gasteiger partial charge is 0.355 e. The molecule has 2 heterocycles. The summed E-state index contributed by atoms with van der Waals surface area (Å²) in [4.78, 5) is 40.6. The third-order valence-corrected chi connectivity index (χ3v) is 5.19. The van der Waals surface area contributed by atoms with E-state index in [1.165, 1.54) is 19.2 Å². The van der Waals surface area contributed by atoms with Gasteiger partial charge in [0, 0.05) is 0 Å². The predicted molar refractivity (Wildman–Crippen MR) is 112 cm³/mol. The maximum atomic E-state index is 13.5. The Labute approximate surface area is 178 Å². The summed E-state index contributed by atoms with van der Waals surface area (Å²) in [7, 11) is 2.95. The summed E-state index contributed by atoms with van der Waals surface area (Å²) in [6.45, 7) is 1.77. The Bertz CT molecular complexity index is 1080. The van der Waals surface area contributed by atoms with Gasteiger partial charge in [0.05, 0.1) is 26.5 Å². The molecule has 0 radical (unpaired) electrons. The van der Waals surface area contributed by atoms with Gasteiger partial charge in [-0.1, -0.05) is 24.3 Å². The summed E-state index contributed by atoms with van der Waals surface area (Å²) < 4.78 is 15.8. The number of benzene rings is 2. The van der Waals surface area contributed by atoms with Crippen molar-refractivity contribution in [2.45, 2.75) is 13.0 Å². The third-order valence-electron chi connectivity index (χ3n) is 5.19. The van der Waals surface area contributed by atoms with Crippen LogP contribution in [0.15, 0.2) is 53.6 Å². The second-order valence-corrected chi connectivity index (χ2v) is 6.83. The van der Waals surface area contributed by atoms with E-state index in [0.29, 0.717) is 22.9 Å². The van der Waals surface area contributed by atoms with Gasteiger partial charge in [0.15, 0.2) is 5.71 Å². The standard InChI is InChI=1S/C22H21N3O6/c1-4-31-22(28)18-17-19(25(23-18)14-10-6-8-12-16(14)30-3)21(27)24(20(17)26)13-9-5-7-11-15(13)29-2/h5-12,17,19H,4H2,1-3H3. The van der Waals surface area contributed by atoms with Crippen LogP contribution in [0.1, 0.15) is 6.92 Å². The zero-order valence-corrected chi connectivity index (χ0v) is 17.3. The van der Waals surface area contributed by atoms with Crippen molar-refractivity contribution in [3.05, 3.63) is 48.5 Å². The molecule has 31 heavy (non-hydrogen) atoms. The van der Waals surface area contributed by atoms with E-state index in [0.717, 1.165) is 4.90 Å². The quantitative estimate of drug-likeness (QED) is 0.518. The predicted octanol–water partition coefficient (Wildman–Crippen LogP) is 2.00. The van der Waals surface area contributed by atoms with Crippen LogP contribution < -0.4 is 19.4 Å². The molecule has 2 atom stereocenters. The molecule has 2 aliphatic rings. The lowest BCUT2D eigenvalue weighted by atomic mass is 9.97. The van der Waals surface area contributed by atoms with Gasteiger partial charge < -0.3 is 14.2 Å². The number of methoxy groups -OCH3 is 2. The molecule has 0 N–H and O–H groups in total. The first-order valence-electron chi connectivity index (χ1n) is 9.72. The number of para-hydroxylation sites is 4. The number of fused-ring (bicyclic) bond motifs is 1. The van der Waals surface area contributed by atoms with Gasteiger partial charge in [0.1, 0.15) is 29.1 Å². The van der Waals surface area contributed by atoms with Crippen molar-refractivity contribution in [3.8, 4) is 11.5 Å². The molecule has 1 saturated heterocycles. The van der Waals surface area contributed by atoms with Crippen LogP contribution in [-0.2, 0) is 19.1 Å². The molecule has 0 saturated carbocycles. The zero-order chi connectivity index (χ0) is 22.1. The highest BCUT2D eigenvalue weighted by atomic mass is 16.5. The Balaban J connectivity index is 1.84. The highest BCUT2D eigenvalue weighted by Gasteiger charge is 2.59. The maximum absolute atomic E-state index is 13.5. The fourth-order valence-corrected chi connectivity index (χ4v) is 3.86. The number of imide groups is 1. The monoisotopic (exact) mass is 423 g/mol. The summed E-state index contributed by atoms with van der Waals surface area (Å²) in [5.41, 5.74) is 0.647. The maximum Gasteiger partial charge on any atom is 0.355 e. The van der Waals surface area contributed by atoms with Crippen molar-refractivity contribution < 1.29 is 28.6 Å². The lowest BCUT2D eigenvalue weighted by Crippen LogP contribution is -2.39. The molecule has 2 unspecified atom stereocenters. The normalized spacial score (nSPS) is 19.9. The number of hydrogen-bond acceptors (Lipinski definition) is 8. The molecule has 0 spiro atoms. The van der Waals surface area contributed by atoms with Crippen molar-refractivity contribution in [2.24, 2.45) is 11.0 Å². The van der Waals surface area contributed by atoms with Crippen molar-refractivity contribution in [1.29, 1.82) is 0 Å². The summed E-state index contributed by atoms with van der Waals surface area (Å²) in [5, 5.41) is 5.70. The lowest BCUT2D eigenvalue weighted by Gasteiger charge is -2.24. The number of carbonyl (C=O) groups excluding carboxylic acids is 3. The Morgan fingerprint density at radius 2 is 1.52 bits per heavy atom. The number of amides is 2. The molecule has 2 aromatic rings. The van der Waals surface area contributed by atoms with Gasteiger partial charge in [-0.15, -0.1) is 0 Å². The van der Waals surface area contributed by atoms with E-state index < -0.39 is 29.7 Å². The largest absolute Gasteiger partial charge is 0.495 e. The molecule has 9 heteroatoms. The van der Waals surface area contributed by atoms with Crippen LogP contribution in [0.4, 0.5) is 11.4 Å². The highest BCUT2D eigenvalue weighted by Crippen LogP contribution is 2.42. The van der Waals surface area contributed by atoms with Crippen molar-refractivity contribution in [2.75, 3.05) is 30.7 Å². The van der Waals surface area contributed by atoms with Gasteiger partial charge >= 0.3 is 5.97 Å². The molecular formula is C22H21N3O6. The molecule has 2 amide bonds. The van der Waals surface area contributed by atoms with Crippen LogP contribution in [0, 0.1) is 5.92 Å². The summed E-state index contributed by atoms with van der Waals surface area (Å²) in [5.74, 6) is -2.12. The van der Waals surface area contributed by atoms with Gasteiger partial charge in [-0.3, -0.25) is 9.59 Å². The Morgan fingerprint density at radius 1 is 0.935 bits per heavy atom. The highest BCUT2D eigenvalue weighted by molar-refractivity contribution is 6.47. The van der Waals surface area contributed by atoms with Gasteiger partial charge in [0.25, 0.3) is 5.91 Å². The van der Waals surface area contributed by atoms with Gasteiger partial charge in [-0.25, -0.2) is 14.7 Å². The van der Waals surface area contributed by atoms with Crippen molar-refractivity contribution in [1.82, 2.24) is 0 Å². The Kier molecular flexibility index (Phi) is 5.33. The number of hydrogen-bond donors (Lipinski definition) is 0. The van der Waals surface area contributed by atoms with E-state index in [2.05, 4.69) is 5.10 Å². The lowest BCUT2D eigenvalue weighted by molar-refractivity contribution is -0.136. The fourth-order valence-electron chi connectivity index (χ4n) is 3.86. The van der Waals surface area contributed by atoms with Crippen LogP contribution in [-0.4, -0.2) is 50.4 Å². The third kappa shape index (κ3) is 3.18. The molecular weight excluding hydrogens is 402 g/mol. The molecule has 1 fully saturated rings. The number of rotatable bonds is 6. The minimum Gasteiger partial charge on any atom is -0.495 e. The Hall–Kier alpha value is -3.88. The summed E-state index contributed by atoms with van der Waals surface area (Å²) >= 11 is 0. The minimum atomic E-state index is -1.11. The molecule has 2 aromatic carbocycles. The first kappa shape index (κ1) is 20.4. The molecule has 160 valence electrons. The average molecular weight is 423 g/mol. The number of ether oxygens (including phenoxy) is 3. The molecule has 2 aliphatic heterocycles. The average Bonchev–Trinajstić information content (AvgIpc) is 3.30. The number of carbonyl (C=O) groups is 3. The second-order valence-electron chi connectivity index (χ2n) is 6.83. The van der Waals surface area contributed by atoms with Crippen molar-refractivity contribution in [3.63, 3.8) is 0 Å². The summed E-state index contributed by atoms with van der Waals surface area (Å²) in [6.07, 6.45) is 0. The molecule has 0 bridgehead atoms. The van der Waals surface area contributed by atoms with Gasteiger partial charge in [0.2, 0.25) is 5.91 Å². The van der Waals surface area contributed by atoms with E-state index >= 15 is 0 Å². The first-order valence-corrected chi connectivity index (χ1v) is 9.72. The van der Waals surface area contributed by atoms with Gasteiger partial charge in [-0.2, -0.15) is 5.10 Å². The van der Waals surface area contributed by atoms with E-state index in [1.54, 1.807) is 55.5 Å². The van der Waals surface area contributed by atoms with Crippen LogP contribution in [0.3, 0.4) is 0 Å². The van der Waals surface area contributed by atoms with Crippen molar-refractivity contribution >= 4 is 34.9 Å². The van der Waals surface area contributed by atoms with E-state index in [-0.39, 0.29) is 12.3 Å². The number of anilines is 2. The molecule has 0 aromatic heterocycles. The molecule has 9 nitrogen and oxygen atoms in total. The van der Waals surface area contributed by atoms with E-state index in [1.807, 2.05) is 0 Å². The first-order chi connectivity index (χ1) is 15.0. The van der Waals surface area contributed by atoms with Crippen LogP contribution in [0.25, 0.3) is 0 Å². The van der Waals surface area contributed by atoms with E-state index in [4.69, 9.17) is 14.2 Å². The Morgan fingerprint density at radius 3 is 2.13 bits per heavy atom. The van der Waals surface area contributed by atoms with Crippen LogP contribution in [0.5, 0.6) is 11.5 Å². The van der Waals surface area contributed by atoms with Crippen LogP contribution >= 0.6 is 0 Å². The second kappa shape index (κ2) is 8.10. The molecule has 4 rings (SSSR count). The van der Waals surface area contributed by atoms with Gasteiger partial charge in [-0.05, 0) is 31.2 Å². The minimum absolute atomic E-state index is 0.113. The number of esters is 1. The number of nitrogens with zero attached hydrogens (tertiary/aromatic N) is 3. The fraction of sp³-hybridized carbons (Fsp3) is 0.273. The zero-order valence-electron chi connectivity index (χ0n) is 17.3. The van der Waals surface area contributed by atoms with E-state index in [9.17, 15) is 14.4 Å².